The highest BCUT2D eigenvalue weighted by molar-refractivity contribution is 7.14. The monoisotopic (exact) mass is 559 g/mol. The van der Waals surface area contributed by atoms with Crippen LogP contribution in [0.2, 0.25) is 0 Å². The molecule has 10 nitrogen and oxygen atoms in total. The summed E-state index contributed by atoms with van der Waals surface area (Å²) in [4.78, 5) is 32.1. The van der Waals surface area contributed by atoms with E-state index in [2.05, 4.69) is 16.0 Å². The van der Waals surface area contributed by atoms with Gasteiger partial charge in [0.2, 0.25) is 5.88 Å². The summed E-state index contributed by atoms with van der Waals surface area (Å²) in [6.07, 6.45) is 3.07. The molecule has 1 fully saturated rings. The van der Waals surface area contributed by atoms with Crippen LogP contribution in [0.1, 0.15) is 30.5 Å². The highest BCUT2D eigenvalue weighted by Crippen LogP contribution is 2.35. The number of carbonyl (C=O) groups excluding carboxylic acids is 2. The normalized spacial score (nSPS) is 13.0. The molecule has 3 aromatic heterocycles. The van der Waals surface area contributed by atoms with Crippen molar-refractivity contribution in [3.8, 4) is 34.3 Å². The van der Waals surface area contributed by atoms with E-state index in [1.807, 2.05) is 30.3 Å². The van der Waals surface area contributed by atoms with Crippen LogP contribution in [0.15, 0.2) is 59.4 Å². The van der Waals surface area contributed by atoms with E-state index in [9.17, 15) is 14.9 Å². The van der Waals surface area contributed by atoms with Crippen LogP contribution in [-0.4, -0.2) is 57.4 Å². The first-order valence-corrected chi connectivity index (χ1v) is 13.2. The van der Waals surface area contributed by atoms with Crippen molar-refractivity contribution in [1.29, 1.82) is 5.26 Å². The largest absolute Gasteiger partial charge is 0.472 e. The third-order valence-electron chi connectivity index (χ3n) is 6.41. The molecule has 0 saturated carbocycles. The zero-order chi connectivity index (χ0) is 28.1. The quantitative estimate of drug-likeness (QED) is 0.274. The fraction of sp³-hybridized carbons (Fsp3) is 0.241. The molecule has 5 rings (SSSR count). The second kappa shape index (κ2) is 12.0. The summed E-state index contributed by atoms with van der Waals surface area (Å²) in [5.74, 6) is -1.12. The summed E-state index contributed by atoms with van der Waals surface area (Å²) >= 11 is 1.05. The highest BCUT2D eigenvalue weighted by atomic mass is 32.1. The van der Waals surface area contributed by atoms with Crippen LogP contribution in [0.3, 0.4) is 0 Å². The third-order valence-corrected chi connectivity index (χ3v) is 7.50. The Balaban J connectivity index is 1.51. The van der Waals surface area contributed by atoms with Crippen molar-refractivity contribution in [3.63, 3.8) is 0 Å². The van der Waals surface area contributed by atoms with E-state index in [4.69, 9.17) is 23.4 Å². The molecule has 40 heavy (non-hydrogen) atoms. The number of aromatic nitrogens is 1. The molecule has 0 amide bonds. The number of nitrogens with zero attached hydrogens (tertiary/aromatic N) is 3. The summed E-state index contributed by atoms with van der Waals surface area (Å²) in [5, 5.41) is 10.1. The van der Waals surface area contributed by atoms with Crippen LogP contribution in [0.25, 0.3) is 22.4 Å². The van der Waals surface area contributed by atoms with E-state index in [-0.39, 0.29) is 28.5 Å². The summed E-state index contributed by atoms with van der Waals surface area (Å²) in [6, 6.07) is 15.2. The van der Waals surface area contributed by atoms with E-state index < -0.39 is 11.9 Å². The van der Waals surface area contributed by atoms with Crippen molar-refractivity contribution in [2.75, 3.05) is 45.4 Å². The number of rotatable bonds is 8. The number of morpholine rings is 1. The van der Waals surface area contributed by atoms with Gasteiger partial charge in [-0.05, 0) is 30.3 Å². The number of carbonyl (C=O) groups is 2. The molecular weight excluding hydrogens is 534 g/mol. The smallest absolute Gasteiger partial charge is 0.348 e. The number of furan rings is 1. The van der Waals surface area contributed by atoms with Crippen molar-refractivity contribution in [2.45, 2.75) is 6.61 Å². The molecule has 1 aliphatic rings. The van der Waals surface area contributed by atoms with Crippen LogP contribution >= 0.6 is 11.3 Å². The lowest BCUT2D eigenvalue weighted by Gasteiger charge is -2.28. The topological polar surface area (TPSA) is 124 Å². The number of hydrogen-bond acceptors (Lipinski definition) is 11. The van der Waals surface area contributed by atoms with E-state index in [0.29, 0.717) is 34.9 Å². The Morgan fingerprint density at radius 2 is 1.80 bits per heavy atom. The Hall–Kier alpha value is -4.66. The molecule has 204 valence electrons. The molecule has 0 bridgehead atoms. The highest BCUT2D eigenvalue weighted by Gasteiger charge is 2.23. The lowest BCUT2D eigenvalue weighted by molar-refractivity contribution is 0.0598. The second-order valence-electron chi connectivity index (χ2n) is 8.72. The molecule has 1 saturated heterocycles. The first-order chi connectivity index (χ1) is 19.5. The second-order valence-corrected chi connectivity index (χ2v) is 9.86. The van der Waals surface area contributed by atoms with Gasteiger partial charge in [-0.3, -0.25) is 0 Å². The first kappa shape index (κ1) is 26.9. The number of ether oxygens (including phenoxy) is 4. The van der Waals surface area contributed by atoms with Crippen molar-refractivity contribution >= 4 is 29.0 Å². The molecule has 0 atom stereocenters. The van der Waals surface area contributed by atoms with Crippen LogP contribution < -0.4 is 9.64 Å². The maximum atomic E-state index is 12.4. The predicted molar refractivity (Wildman–Crippen MR) is 146 cm³/mol. The minimum absolute atomic E-state index is 0.0808. The molecule has 0 aliphatic carbocycles. The molecule has 0 N–H and O–H groups in total. The molecule has 0 spiro atoms. The summed E-state index contributed by atoms with van der Waals surface area (Å²) in [5.41, 5.74) is 4.17. The number of thiophene rings is 1. The molecule has 4 aromatic rings. The number of esters is 2. The first-order valence-electron chi connectivity index (χ1n) is 12.3. The number of nitriles is 1. The fourth-order valence-electron chi connectivity index (χ4n) is 4.35. The summed E-state index contributed by atoms with van der Waals surface area (Å²) in [6.45, 7) is 2.90. The van der Waals surface area contributed by atoms with E-state index >= 15 is 0 Å². The molecule has 4 heterocycles. The Kier molecular flexibility index (Phi) is 8.10. The molecule has 11 heteroatoms. The molecular formula is C29H25N3O7S. The Morgan fingerprint density at radius 3 is 2.45 bits per heavy atom. The number of methoxy groups -OCH3 is 2. The van der Waals surface area contributed by atoms with Crippen LogP contribution in [0.4, 0.5) is 5.69 Å². The molecule has 0 radical (unpaired) electrons. The predicted octanol–water partition coefficient (Wildman–Crippen LogP) is 4.93. The third kappa shape index (κ3) is 5.54. The van der Waals surface area contributed by atoms with Crippen LogP contribution in [-0.2, 0) is 20.8 Å². The van der Waals surface area contributed by atoms with E-state index in [0.717, 1.165) is 35.7 Å². The van der Waals surface area contributed by atoms with Crippen LogP contribution in [0, 0.1) is 11.3 Å². The number of anilines is 1. The number of benzene rings is 1. The summed E-state index contributed by atoms with van der Waals surface area (Å²) < 4.78 is 26.4. The zero-order valence-electron chi connectivity index (χ0n) is 21.8. The van der Waals surface area contributed by atoms with Crippen LogP contribution in [0.5, 0.6) is 5.88 Å². The van der Waals surface area contributed by atoms with E-state index in [1.165, 1.54) is 26.5 Å². The minimum Gasteiger partial charge on any atom is -0.472 e. The van der Waals surface area contributed by atoms with Gasteiger partial charge in [-0.25, -0.2) is 14.6 Å². The molecule has 1 aromatic carbocycles. The van der Waals surface area contributed by atoms with Gasteiger partial charge in [-0.1, -0.05) is 12.1 Å². The summed E-state index contributed by atoms with van der Waals surface area (Å²) in [7, 11) is 2.51. The van der Waals surface area contributed by atoms with Crippen molar-refractivity contribution in [3.05, 3.63) is 75.9 Å². The van der Waals surface area contributed by atoms with Gasteiger partial charge in [-0.15, -0.1) is 11.3 Å². The zero-order valence-corrected chi connectivity index (χ0v) is 22.7. The number of hydrogen-bond donors (Lipinski definition) is 0. The van der Waals surface area contributed by atoms with Gasteiger partial charge in [0.05, 0.1) is 56.1 Å². The molecule has 0 unspecified atom stereocenters. The Labute approximate surface area is 234 Å². The van der Waals surface area contributed by atoms with E-state index in [1.54, 1.807) is 12.3 Å². The van der Waals surface area contributed by atoms with Gasteiger partial charge in [0.1, 0.15) is 23.1 Å². The minimum atomic E-state index is -0.619. The van der Waals surface area contributed by atoms with Crippen molar-refractivity contribution in [1.82, 2.24) is 4.98 Å². The van der Waals surface area contributed by atoms with Gasteiger partial charge < -0.3 is 28.3 Å². The van der Waals surface area contributed by atoms with Crippen molar-refractivity contribution < 1.29 is 33.0 Å². The molecule has 1 aliphatic heterocycles. The van der Waals surface area contributed by atoms with Gasteiger partial charge in [0.15, 0.2) is 0 Å². The fourth-order valence-corrected chi connectivity index (χ4v) is 5.32. The van der Waals surface area contributed by atoms with Crippen molar-refractivity contribution in [2.24, 2.45) is 0 Å². The lowest BCUT2D eigenvalue weighted by atomic mass is 10.0. The lowest BCUT2D eigenvalue weighted by Crippen LogP contribution is -2.36. The van der Waals surface area contributed by atoms with Gasteiger partial charge >= 0.3 is 11.9 Å². The number of pyridine rings is 1. The Bertz CT molecular complexity index is 1550. The average molecular weight is 560 g/mol. The maximum Gasteiger partial charge on any atom is 0.348 e. The van der Waals surface area contributed by atoms with Gasteiger partial charge in [0.25, 0.3) is 0 Å². The maximum absolute atomic E-state index is 12.4. The Morgan fingerprint density at radius 1 is 1.05 bits per heavy atom. The standard InChI is InChI=1S/C29H25N3O7S/c1-35-28(33)22-14-25(29(34)36-2)40-26(22)17-39-27-23(15-30)21(19-7-10-38-16-19)13-24(31-27)18-3-5-20(6-4-18)32-8-11-37-12-9-32/h3-7,10,13-14,16H,8-9,11-12,17H2,1-2H3. The SMILES string of the molecule is COC(=O)c1cc(C(=O)OC)c(COc2nc(-c3ccc(N4CCOCC4)cc3)cc(-c3ccoc3)c2C#N)s1. The average Bonchev–Trinajstić information content (AvgIpc) is 3.70. The van der Waals surface area contributed by atoms with Gasteiger partial charge in [-0.2, -0.15) is 5.26 Å². The van der Waals surface area contributed by atoms with Gasteiger partial charge in [0, 0.05) is 35.5 Å².